The number of rotatable bonds is 8. The number of aliphatic hydroxyl groups excluding tert-OH is 1. The third kappa shape index (κ3) is 18.1. The van der Waals surface area contributed by atoms with Gasteiger partial charge in [-0.15, -0.1) is 0 Å². The van der Waals surface area contributed by atoms with Crippen LogP contribution in [-0.2, 0) is 9.47 Å². The third-order valence-corrected chi connectivity index (χ3v) is 15.4. The van der Waals surface area contributed by atoms with Crippen molar-refractivity contribution < 1.29 is 39.8 Å². The van der Waals surface area contributed by atoms with Crippen molar-refractivity contribution >= 4 is 78.6 Å². The normalized spacial score (nSPS) is 16.0. The number of nitrogens with one attached hydrogen (secondary N) is 1. The highest BCUT2D eigenvalue weighted by Crippen LogP contribution is 2.36. The summed E-state index contributed by atoms with van der Waals surface area (Å²) in [6, 6.07) is 47.0. The second-order valence-electron chi connectivity index (χ2n) is 20.6. The molecule has 3 aliphatic rings. The molecule has 3 fully saturated rings. The smallest absolute Gasteiger partial charge is 0.337 e. The number of nitrogens with zero attached hydrogens (tertiary/aromatic N) is 8. The molecule has 0 spiro atoms. The van der Waals surface area contributed by atoms with Crippen molar-refractivity contribution in [3.63, 3.8) is 0 Å². The summed E-state index contributed by atoms with van der Waals surface area (Å²) in [6.07, 6.45) is 11.2. The molecule has 0 amide bonds. The number of hydrogen-bond donors (Lipinski definition) is 3. The minimum Gasteiger partial charge on any atom is -0.478 e. The second kappa shape index (κ2) is 34.7. The Hall–Kier alpha value is -8.32. The Morgan fingerprint density at radius 3 is 1.25 bits per heavy atom. The summed E-state index contributed by atoms with van der Waals surface area (Å²) in [7, 11) is 2.74. The Bertz CT molecular complexity index is 3670. The number of piperidine rings is 3. The molecular formula is C69H83BrFN9O7. The number of aromatic carboxylic acids is 1. The highest BCUT2D eigenvalue weighted by molar-refractivity contribution is 9.10. The van der Waals surface area contributed by atoms with Gasteiger partial charge in [0, 0.05) is 55.0 Å². The van der Waals surface area contributed by atoms with Crippen LogP contribution < -0.4 is 15.1 Å². The SMILES string of the molecule is C.C.CC1CCCCN1.CC1CCCCN1c1nc2cc(C(=O)O)ccc2nc1-c1ccccc1.CO.COC(=O)c1ccc2nc(-c3ccccc3)c(Br)nc2c1.COC(=O)c1ccc2nc(-c3ccccc3)c(N3CCCCC3C)nc2c1.[2H]CF. The molecule has 0 bridgehead atoms. The number of benzene rings is 6. The van der Waals surface area contributed by atoms with Gasteiger partial charge in [0.05, 0.1) is 72.5 Å². The van der Waals surface area contributed by atoms with Crippen LogP contribution in [0.25, 0.3) is 66.9 Å². The number of alkyl halides is 1. The zero-order valence-corrected chi connectivity index (χ0v) is 50.6. The number of anilines is 2. The van der Waals surface area contributed by atoms with Gasteiger partial charge in [0.25, 0.3) is 0 Å². The number of carbonyl (C=O) groups is 3. The molecule has 87 heavy (non-hydrogen) atoms. The summed E-state index contributed by atoms with van der Waals surface area (Å²) >= 11 is 3.44. The topological polar surface area (TPSA) is 206 Å². The lowest BCUT2D eigenvalue weighted by Crippen LogP contribution is -2.38. The van der Waals surface area contributed by atoms with Crippen molar-refractivity contribution in [3.05, 3.63) is 167 Å². The molecule has 3 saturated heterocycles. The first-order valence-electron chi connectivity index (χ1n) is 29.2. The van der Waals surface area contributed by atoms with E-state index in [1.807, 2.05) is 84.9 Å². The Morgan fingerprint density at radius 1 is 0.529 bits per heavy atom. The van der Waals surface area contributed by atoms with E-state index < -0.39 is 13.1 Å². The van der Waals surface area contributed by atoms with Crippen molar-refractivity contribution in [2.75, 3.05) is 57.9 Å². The van der Waals surface area contributed by atoms with E-state index >= 15 is 0 Å². The first kappa shape index (κ1) is 67.8. The van der Waals surface area contributed by atoms with Gasteiger partial charge in [-0.05, 0) is 149 Å². The minimum atomic E-state index is -1.00. The fraction of sp³-hybridized carbons (Fsp3) is 0.348. The molecule has 6 aromatic carbocycles. The number of esters is 2. The number of carboxylic acids is 1. The van der Waals surface area contributed by atoms with Crippen LogP contribution in [-0.4, -0.2) is 124 Å². The number of fused-ring (bicyclic) bond motifs is 3. The molecule has 3 N–H and O–H groups in total. The van der Waals surface area contributed by atoms with Crippen LogP contribution in [0.3, 0.4) is 0 Å². The van der Waals surface area contributed by atoms with Crippen LogP contribution in [0.4, 0.5) is 16.0 Å². The molecule has 0 radical (unpaired) electrons. The molecular weight excluding hydrogens is 1170 g/mol. The quantitative estimate of drug-likeness (QED) is 0.121. The highest BCUT2D eigenvalue weighted by atomic mass is 79.9. The van der Waals surface area contributed by atoms with Gasteiger partial charge in [-0.2, -0.15) is 0 Å². The van der Waals surface area contributed by atoms with E-state index in [4.69, 9.17) is 35.9 Å². The molecule has 9 aromatic rings. The Labute approximate surface area is 521 Å². The lowest BCUT2D eigenvalue weighted by Gasteiger charge is -2.35. The van der Waals surface area contributed by atoms with Crippen molar-refractivity contribution in [3.8, 4) is 33.8 Å². The van der Waals surface area contributed by atoms with Gasteiger partial charge in [-0.1, -0.05) is 112 Å². The molecule has 0 aliphatic carbocycles. The van der Waals surface area contributed by atoms with Crippen molar-refractivity contribution in [1.29, 1.82) is 0 Å². The fourth-order valence-corrected chi connectivity index (χ4v) is 10.9. The minimum absolute atomic E-state index is 0. The number of carbonyl (C=O) groups excluding carboxylic acids is 2. The van der Waals surface area contributed by atoms with Crippen molar-refractivity contribution in [2.45, 2.75) is 112 Å². The summed E-state index contributed by atoms with van der Waals surface area (Å²) in [4.78, 5) is 68.1. The standard InChI is InChI=1S/C22H23N3O2.C21H21N3O2.C16H11BrN2O2.C6H13N.CH3F.CH4O.2CH4/c1-15-8-6-7-13-25(15)21-20(16-9-4-3-5-10-16)23-18-12-11-17(22(26)27-2)14-19(18)24-21;1-14-7-5-6-12-24(14)20-19(15-8-3-2-4-9-15)22-17-11-10-16(21(25)26)13-18(17)23-20;1-21-16(20)11-7-8-12-13(9-11)19-15(17)14(18-12)10-5-3-2-4-6-10;1-6-4-2-3-5-7-6;2*1-2;;/h3-5,9-12,14-15H,6-8,13H2,1-2H3;2-4,8-11,13-14H,5-7,12H2,1H3,(H,25,26);2-9H,1H3;6-7H,2-5H2,1H3;1H3;2H,1H3;2*1H4/i;;;;1D;;;. The summed E-state index contributed by atoms with van der Waals surface area (Å²) in [5.41, 5.74) is 10.9. The molecule has 18 heteroatoms. The second-order valence-corrected chi connectivity index (χ2v) is 21.3. The average molecular weight is 1250 g/mol. The van der Waals surface area contributed by atoms with Crippen LogP contribution in [0, 0.1) is 0 Å². The Morgan fingerprint density at radius 2 is 0.897 bits per heavy atom. The Balaban J connectivity index is 0.000000218. The molecule has 3 unspecified atom stereocenters. The van der Waals surface area contributed by atoms with Crippen LogP contribution >= 0.6 is 15.9 Å². The van der Waals surface area contributed by atoms with E-state index in [2.05, 4.69) is 73.9 Å². The zero-order chi connectivity index (χ0) is 61.5. The lowest BCUT2D eigenvalue weighted by molar-refractivity contribution is 0.0592. The largest absolute Gasteiger partial charge is 0.478 e. The highest BCUT2D eigenvalue weighted by Gasteiger charge is 2.27. The van der Waals surface area contributed by atoms with E-state index in [1.54, 1.807) is 48.5 Å². The average Bonchev–Trinajstić information content (AvgIpc) is 1.01. The maximum atomic E-state index is 11.9. The first-order chi connectivity index (χ1) is 41.8. The van der Waals surface area contributed by atoms with E-state index in [1.165, 1.54) is 52.9 Å². The molecule has 3 aromatic heterocycles. The van der Waals surface area contributed by atoms with Gasteiger partial charge in [-0.25, -0.2) is 44.3 Å². The first-order valence-corrected chi connectivity index (χ1v) is 29.3. The summed E-state index contributed by atoms with van der Waals surface area (Å²) in [5.74, 6) is 0.0377. The van der Waals surface area contributed by atoms with Gasteiger partial charge in [0.2, 0.25) is 0 Å². The van der Waals surface area contributed by atoms with Gasteiger partial charge in [-0.3, -0.25) is 4.39 Å². The zero-order valence-electron chi connectivity index (χ0n) is 50.1. The monoisotopic (exact) mass is 1250 g/mol. The van der Waals surface area contributed by atoms with Crippen molar-refractivity contribution in [2.24, 2.45) is 0 Å². The predicted molar refractivity (Wildman–Crippen MR) is 354 cm³/mol. The molecule has 3 atom stereocenters. The number of ether oxygens (including phenoxy) is 2. The molecule has 6 heterocycles. The molecule has 0 saturated carbocycles. The number of methoxy groups -OCH3 is 2. The van der Waals surface area contributed by atoms with Crippen molar-refractivity contribution in [1.82, 2.24) is 35.2 Å². The van der Waals surface area contributed by atoms with E-state index in [0.29, 0.717) is 49.9 Å². The maximum absolute atomic E-state index is 11.9. The van der Waals surface area contributed by atoms with Gasteiger partial charge in [0.1, 0.15) is 21.7 Å². The maximum Gasteiger partial charge on any atom is 0.337 e. The molecule has 12 rings (SSSR count). The van der Waals surface area contributed by atoms with E-state index in [0.717, 1.165) is 108 Å². The summed E-state index contributed by atoms with van der Waals surface area (Å²) < 4.78 is 25.7. The van der Waals surface area contributed by atoms with Crippen LogP contribution in [0.15, 0.2) is 150 Å². The van der Waals surface area contributed by atoms with Gasteiger partial charge < -0.3 is 34.8 Å². The number of halogens is 2. The summed E-state index contributed by atoms with van der Waals surface area (Å²) in [5, 5.41) is 19.7. The lowest BCUT2D eigenvalue weighted by atomic mass is 10.0. The van der Waals surface area contributed by atoms with Crippen LogP contribution in [0.2, 0.25) is 0 Å². The van der Waals surface area contributed by atoms with Crippen LogP contribution in [0.1, 0.15) is 126 Å². The summed E-state index contributed by atoms with van der Waals surface area (Å²) in [6.45, 7) is 9.86. The fourth-order valence-electron chi connectivity index (χ4n) is 10.4. The van der Waals surface area contributed by atoms with E-state index in [-0.39, 0.29) is 32.4 Å². The molecule has 460 valence electrons. The van der Waals surface area contributed by atoms with Gasteiger partial charge >= 0.3 is 17.9 Å². The van der Waals surface area contributed by atoms with Crippen LogP contribution in [0.5, 0.6) is 0 Å². The number of carboxylic acid groups (broad SMARTS) is 1. The number of aliphatic hydroxyl groups is 1. The number of hydrogen-bond acceptors (Lipinski definition) is 15. The third-order valence-electron chi connectivity index (χ3n) is 14.9. The predicted octanol–water partition coefficient (Wildman–Crippen LogP) is 15.3. The van der Waals surface area contributed by atoms with Gasteiger partial charge in [0.15, 0.2) is 11.6 Å². The molecule has 3 aliphatic heterocycles. The van der Waals surface area contributed by atoms with E-state index in [9.17, 15) is 23.9 Å². The molecule has 16 nitrogen and oxygen atoms in total. The Kier molecular flexibility index (Phi) is 27.1. The number of aromatic nitrogens is 6.